The lowest BCUT2D eigenvalue weighted by molar-refractivity contribution is 0.143. The Hall–Kier alpha value is -0.340. The van der Waals surface area contributed by atoms with E-state index in [0.29, 0.717) is 12.1 Å². The normalized spacial score (nSPS) is 36.4. The van der Waals surface area contributed by atoms with Crippen LogP contribution in [0.25, 0.3) is 0 Å². The minimum Gasteiger partial charge on any atom is -0.392 e. The van der Waals surface area contributed by atoms with Crippen molar-refractivity contribution in [1.29, 1.82) is 0 Å². The third-order valence-corrected chi connectivity index (χ3v) is 2.94. The van der Waals surface area contributed by atoms with Crippen molar-refractivity contribution in [2.24, 2.45) is 0 Å². The average Bonchev–Trinajstić information content (AvgIpc) is 2.65. The molecule has 0 saturated heterocycles. The first kappa shape index (κ1) is 8.27. The van der Waals surface area contributed by atoms with E-state index < -0.39 is 0 Å². The highest BCUT2D eigenvalue weighted by Gasteiger charge is 2.27. The molecule has 2 heteroatoms. The molecule has 2 aliphatic rings. The van der Waals surface area contributed by atoms with Crippen molar-refractivity contribution in [3.05, 3.63) is 12.2 Å². The van der Waals surface area contributed by atoms with Crippen molar-refractivity contribution < 1.29 is 5.11 Å². The second-order valence-electron chi connectivity index (χ2n) is 3.91. The summed E-state index contributed by atoms with van der Waals surface area (Å²) in [5.74, 6) is 0. The van der Waals surface area contributed by atoms with Gasteiger partial charge in [-0.15, -0.1) is 0 Å². The van der Waals surface area contributed by atoms with Crippen LogP contribution >= 0.6 is 0 Å². The third kappa shape index (κ3) is 1.70. The molecule has 0 radical (unpaired) electrons. The molecule has 2 aliphatic carbocycles. The number of rotatable bonds is 2. The van der Waals surface area contributed by atoms with E-state index in [1.807, 2.05) is 0 Å². The summed E-state index contributed by atoms with van der Waals surface area (Å²) in [6.45, 7) is 0. The lowest BCUT2D eigenvalue weighted by atomic mass is 10.1. The Morgan fingerprint density at radius 3 is 2.50 bits per heavy atom. The highest BCUT2D eigenvalue weighted by molar-refractivity contribution is 4.99. The van der Waals surface area contributed by atoms with Gasteiger partial charge in [-0.2, -0.15) is 0 Å². The Morgan fingerprint density at radius 2 is 1.92 bits per heavy atom. The lowest BCUT2D eigenvalue weighted by Gasteiger charge is -2.21. The molecule has 2 unspecified atom stereocenters. The van der Waals surface area contributed by atoms with Crippen LogP contribution in [0, 0.1) is 0 Å². The molecule has 0 aliphatic heterocycles. The summed E-state index contributed by atoms with van der Waals surface area (Å²) in [5.41, 5.74) is 0. The second-order valence-corrected chi connectivity index (χ2v) is 3.91. The monoisotopic (exact) mass is 167 g/mol. The van der Waals surface area contributed by atoms with E-state index in [9.17, 15) is 5.11 Å². The largest absolute Gasteiger partial charge is 0.392 e. The van der Waals surface area contributed by atoms with Crippen molar-refractivity contribution in [2.75, 3.05) is 0 Å². The number of hydrogen-bond acceptors (Lipinski definition) is 2. The van der Waals surface area contributed by atoms with Crippen LogP contribution in [-0.4, -0.2) is 23.3 Å². The summed E-state index contributed by atoms with van der Waals surface area (Å²) in [5, 5.41) is 13.1. The van der Waals surface area contributed by atoms with Crippen LogP contribution in [-0.2, 0) is 0 Å². The summed E-state index contributed by atoms with van der Waals surface area (Å²) >= 11 is 0. The molecule has 68 valence electrons. The zero-order chi connectivity index (χ0) is 8.39. The second kappa shape index (κ2) is 3.58. The van der Waals surface area contributed by atoms with Crippen molar-refractivity contribution in [1.82, 2.24) is 5.32 Å². The van der Waals surface area contributed by atoms with E-state index >= 15 is 0 Å². The van der Waals surface area contributed by atoms with Gasteiger partial charge in [-0.1, -0.05) is 12.2 Å². The molecule has 0 spiro atoms. The summed E-state index contributed by atoms with van der Waals surface area (Å²) in [4.78, 5) is 0. The topological polar surface area (TPSA) is 32.3 Å². The standard InChI is InChI=1S/C10H17NO/c12-10-7-3-6-9(10)11-8-4-1-2-5-8/h1-2,8-12H,3-7H2. The zero-order valence-electron chi connectivity index (χ0n) is 7.37. The van der Waals surface area contributed by atoms with Gasteiger partial charge >= 0.3 is 0 Å². The lowest BCUT2D eigenvalue weighted by Crippen LogP contribution is -2.41. The molecule has 0 aromatic carbocycles. The van der Waals surface area contributed by atoms with Crippen LogP contribution in [0.2, 0.25) is 0 Å². The highest BCUT2D eigenvalue weighted by atomic mass is 16.3. The summed E-state index contributed by atoms with van der Waals surface area (Å²) in [7, 11) is 0. The molecule has 2 rings (SSSR count). The van der Waals surface area contributed by atoms with Gasteiger partial charge in [0.2, 0.25) is 0 Å². The Morgan fingerprint density at radius 1 is 1.17 bits per heavy atom. The SMILES string of the molecule is OC1CCCC1NC1CC=CC1. The van der Waals surface area contributed by atoms with Crippen LogP contribution in [0.3, 0.4) is 0 Å². The van der Waals surface area contributed by atoms with Crippen molar-refractivity contribution in [2.45, 2.75) is 50.3 Å². The Balaban J connectivity index is 1.78. The minimum absolute atomic E-state index is 0.0920. The van der Waals surface area contributed by atoms with E-state index in [1.54, 1.807) is 0 Å². The fourth-order valence-corrected chi connectivity index (χ4v) is 2.19. The molecule has 12 heavy (non-hydrogen) atoms. The first-order valence-electron chi connectivity index (χ1n) is 4.95. The summed E-state index contributed by atoms with van der Waals surface area (Å²) in [6, 6.07) is 0.970. The van der Waals surface area contributed by atoms with E-state index in [1.165, 1.54) is 6.42 Å². The van der Waals surface area contributed by atoms with E-state index in [-0.39, 0.29) is 6.10 Å². The smallest absolute Gasteiger partial charge is 0.0693 e. The maximum absolute atomic E-state index is 9.57. The zero-order valence-corrected chi connectivity index (χ0v) is 7.37. The maximum atomic E-state index is 9.57. The van der Waals surface area contributed by atoms with Gasteiger partial charge in [0.05, 0.1) is 6.10 Å². The average molecular weight is 167 g/mol. The third-order valence-electron chi connectivity index (χ3n) is 2.94. The fraction of sp³-hybridized carbons (Fsp3) is 0.800. The van der Waals surface area contributed by atoms with Crippen molar-refractivity contribution in [3.8, 4) is 0 Å². The summed E-state index contributed by atoms with van der Waals surface area (Å²) < 4.78 is 0. The molecule has 0 aromatic rings. The Kier molecular flexibility index (Phi) is 2.47. The number of hydrogen-bond donors (Lipinski definition) is 2. The highest BCUT2D eigenvalue weighted by Crippen LogP contribution is 2.21. The van der Waals surface area contributed by atoms with Crippen molar-refractivity contribution >= 4 is 0 Å². The van der Waals surface area contributed by atoms with E-state index in [2.05, 4.69) is 17.5 Å². The Labute approximate surface area is 73.7 Å². The van der Waals surface area contributed by atoms with E-state index in [4.69, 9.17) is 0 Å². The molecule has 1 saturated carbocycles. The molecule has 0 heterocycles. The van der Waals surface area contributed by atoms with Gasteiger partial charge in [-0.05, 0) is 32.1 Å². The van der Waals surface area contributed by atoms with Gasteiger partial charge in [0.25, 0.3) is 0 Å². The fourth-order valence-electron chi connectivity index (χ4n) is 2.19. The number of nitrogens with one attached hydrogen (secondary N) is 1. The number of aliphatic hydroxyl groups excluding tert-OH is 1. The van der Waals surface area contributed by atoms with Gasteiger partial charge in [0, 0.05) is 12.1 Å². The molecule has 1 fully saturated rings. The molecular formula is C10H17NO. The minimum atomic E-state index is -0.0920. The molecule has 0 aromatic heterocycles. The van der Waals surface area contributed by atoms with Crippen LogP contribution in [0.1, 0.15) is 32.1 Å². The first-order chi connectivity index (χ1) is 5.86. The summed E-state index contributed by atoms with van der Waals surface area (Å²) in [6.07, 6.45) is 9.95. The van der Waals surface area contributed by atoms with Crippen LogP contribution in [0.4, 0.5) is 0 Å². The van der Waals surface area contributed by atoms with Crippen LogP contribution in [0.5, 0.6) is 0 Å². The predicted octanol–water partition coefficient (Wildman–Crippen LogP) is 1.21. The molecule has 2 atom stereocenters. The van der Waals surface area contributed by atoms with Gasteiger partial charge in [0.15, 0.2) is 0 Å². The molecule has 2 N–H and O–H groups in total. The maximum Gasteiger partial charge on any atom is 0.0693 e. The van der Waals surface area contributed by atoms with Gasteiger partial charge < -0.3 is 10.4 Å². The first-order valence-corrected chi connectivity index (χ1v) is 4.95. The van der Waals surface area contributed by atoms with Crippen molar-refractivity contribution in [3.63, 3.8) is 0 Å². The predicted molar refractivity (Wildman–Crippen MR) is 48.9 cm³/mol. The molecule has 0 amide bonds. The van der Waals surface area contributed by atoms with Crippen LogP contribution in [0.15, 0.2) is 12.2 Å². The van der Waals surface area contributed by atoms with Gasteiger partial charge in [0.1, 0.15) is 0 Å². The van der Waals surface area contributed by atoms with E-state index in [0.717, 1.165) is 25.7 Å². The number of aliphatic hydroxyl groups is 1. The Bertz CT molecular complexity index is 171. The van der Waals surface area contributed by atoms with Gasteiger partial charge in [-0.25, -0.2) is 0 Å². The molecule has 0 bridgehead atoms. The molecular weight excluding hydrogens is 150 g/mol. The van der Waals surface area contributed by atoms with Crippen LogP contribution < -0.4 is 5.32 Å². The quantitative estimate of drug-likeness (QED) is 0.606. The molecule has 2 nitrogen and oxygen atoms in total. The van der Waals surface area contributed by atoms with Gasteiger partial charge in [-0.3, -0.25) is 0 Å².